The zero-order valence-electron chi connectivity index (χ0n) is 14.8. The Hall–Kier alpha value is -2.66. The average molecular weight is 348 g/mol. The fourth-order valence-corrected chi connectivity index (χ4v) is 3.59. The fraction of sp³-hybridized carbons (Fsp3) is 0.333. The number of nitrogens with zero attached hydrogens (tertiary/aromatic N) is 3. The molecule has 1 aromatic carbocycles. The molecule has 5 nitrogen and oxygen atoms in total. The number of H-pyrrole nitrogens is 1. The van der Waals surface area contributed by atoms with E-state index < -0.39 is 0 Å². The molecule has 0 bridgehead atoms. The molecule has 1 N–H and O–H groups in total. The maximum absolute atomic E-state index is 5.91. The number of piperidine rings is 1. The molecule has 1 unspecified atom stereocenters. The highest BCUT2D eigenvalue weighted by Gasteiger charge is 2.22. The highest BCUT2D eigenvalue weighted by atomic mass is 16.5. The second kappa shape index (κ2) is 8.15. The summed E-state index contributed by atoms with van der Waals surface area (Å²) in [4.78, 5) is 6.83. The molecule has 1 atom stereocenters. The number of likely N-dealkylation sites (tertiary alicyclic amines) is 1. The third-order valence-corrected chi connectivity index (χ3v) is 4.91. The first-order valence-electron chi connectivity index (χ1n) is 9.19. The lowest BCUT2D eigenvalue weighted by atomic mass is 9.92. The molecule has 0 aliphatic carbocycles. The smallest absolute Gasteiger partial charge is 0.130 e. The number of nitrogens with one attached hydrogen (secondary N) is 1. The minimum Gasteiger partial charge on any atom is -0.487 e. The van der Waals surface area contributed by atoms with Gasteiger partial charge in [0.25, 0.3) is 0 Å². The predicted octanol–water partition coefficient (Wildman–Crippen LogP) is 3.76. The van der Waals surface area contributed by atoms with Crippen molar-refractivity contribution in [1.29, 1.82) is 0 Å². The Morgan fingerprint density at radius 1 is 1.19 bits per heavy atom. The summed E-state index contributed by atoms with van der Waals surface area (Å²) in [5.74, 6) is 1.47. The van der Waals surface area contributed by atoms with Gasteiger partial charge in [-0.15, -0.1) is 0 Å². The van der Waals surface area contributed by atoms with Crippen molar-refractivity contribution in [2.24, 2.45) is 0 Å². The molecule has 1 saturated heterocycles. The second-order valence-corrected chi connectivity index (χ2v) is 6.86. The van der Waals surface area contributed by atoms with Crippen molar-refractivity contribution < 1.29 is 4.74 Å². The van der Waals surface area contributed by atoms with Crippen LogP contribution in [-0.2, 0) is 13.2 Å². The van der Waals surface area contributed by atoms with Crippen LogP contribution in [-0.4, -0.2) is 33.2 Å². The van der Waals surface area contributed by atoms with Crippen LogP contribution in [0.15, 0.2) is 61.1 Å². The van der Waals surface area contributed by atoms with E-state index in [1.807, 2.05) is 36.7 Å². The lowest BCUT2D eigenvalue weighted by molar-refractivity contribution is 0.200. The predicted molar refractivity (Wildman–Crippen MR) is 101 cm³/mol. The Morgan fingerprint density at radius 2 is 2.19 bits per heavy atom. The molecular weight excluding hydrogens is 324 g/mol. The van der Waals surface area contributed by atoms with Crippen LogP contribution in [0.4, 0.5) is 0 Å². The first kappa shape index (κ1) is 16.8. The van der Waals surface area contributed by atoms with Gasteiger partial charge in [-0.1, -0.05) is 18.2 Å². The second-order valence-electron chi connectivity index (χ2n) is 6.86. The van der Waals surface area contributed by atoms with E-state index >= 15 is 0 Å². The normalized spacial score (nSPS) is 17.9. The minimum atomic E-state index is 0.497. The number of benzene rings is 1. The van der Waals surface area contributed by atoms with Crippen LogP contribution in [0.25, 0.3) is 0 Å². The van der Waals surface area contributed by atoms with Crippen LogP contribution in [0.2, 0.25) is 0 Å². The maximum atomic E-state index is 5.91. The molecule has 134 valence electrons. The van der Waals surface area contributed by atoms with E-state index in [-0.39, 0.29) is 0 Å². The minimum absolute atomic E-state index is 0.497. The first-order chi connectivity index (χ1) is 12.9. The SMILES string of the molecule is c1ccc(COc2cccc(CN3CCCC(c4cn[nH]c4)C3)c2)nc1. The number of aromatic nitrogens is 3. The van der Waals surface area contributed by atoms with Gasteiger partial charge < -0.3 is 4.74 Å². The lowest BCUT2D eigenvalue weighted by Gasteiger charge is -2.32. The van der Waals surface area contributed by atoms with E-state index in [0.717, 1.165) is 31.1 Å². The average Bonchev–Trinajstić information content (AvgIpc) is 3.23. The van der Waals surface area contributed by atoms with Crippen LogP contribution >= 0.6 is 0 Å². The number of aromatic amines is 1. The van der Waals surface area contributed by atoms with Crippen molar-refractivity contribution in [3.8, 4) is 5.75 Å². The number of hydrogen-bond acceptors (Lipinski definition) is 4. The Labute approximate surface area is 154 Å². The molecule has 4 rings (SSSR count). The largest absolute Gasteiger partial charge is 0.487 e. The molecule has 0 radical (unpaired) electrons. The summed E-state index contributed by atoms with van der Waals surface area (Å²) in [6, 6.07) is 14.3. The van der Waals surface area contributed by atoms with Crippen LogP contribution in [0.5, 0.6) is 5.75 Å². The van der Waals surface area contributed by atoms with Crippen LogP contribution in [0.3, 0.4) is 0 Å². The van der Waals surface area contributed by atoms with E-state index in [9.17, 15) is 0 Å². The monoisotopic (exact) mass is 348 g/mol. The standard InChI is InChI=1S/C21H24N4O/c1-2-9-22-20(7-1)16-26-21-8-3-5-17(11-21)14-25-10-4-6-18(15-25)19-12-23-24-13-19/h1-3,5,7-9,11-13,18H,4,6,10,14-16H2,(H,23,24). The molecular formula is C21H24N4O. The van der Waals surface area contributed by atoms with Gasteiger partial charge in [-0.3, -0.25) is 15.0 Å². The molecule has 26 heavy (non-hydrogen) atoms. The molecule has 5 heteroatoms. The maximum Gasteiger partial charge on any atom is 0.130 e. The Bertz CT molecular complexity index is 804. The quantitative estimate of drug-likeness (QED) is 0.737. The van der Waals surface area contributed by atoms with Gasteiger partial charge in [0, 0.05) is 25.5 Å². The van der Waals surface area contributed by atoms with E-state index in [1.165, 1.54) is 24.0 Å². The summed E-state index contributed by atoms with van der Waals surface area (Å²) in [6.45, 7) is 3.68. The molecule has 3 heterocycles. The molecule has 1 aliphatic rings. The third kappa shape index (κ3) is 4.29. The summed E-state index contributed by atoms with van der Waals surface area (Å²) in [5, 5.41) is 7.03. The number of ether oxygens (including phenoxy) is 1. The van der Waals surface area contributed by atoms with Crippen molar-refractivity contribution in [3.05, 3.63) is 77.9 Å². The molecule has 0 amide bonds. The van der Waals surface area contributed by atoms with E-state index in [4.69, 9.17) is 4.74 Å². The molecule has 3 aromatic rings. The first-order valence-corrected chi connectivity index (χ1v) is 9.19. The molecule has 1 aliphatic heterocycles. The summed E-state index contributed by atoms with van der Waals surface area (Å²) in [7, 11) is 0. The highest BCUT2D eigenvalue weighted by Crippen LogP contribution is 2.27. The van der Waals surface area contributed by atoms with Gasteiger partial charge in [0.05, 0.1) is 11.9 Å². The summed E-state index contributed by atoms with van der Waals surface area (Å²) >= 11 is 0. The van der Waals surface area contributed by atoms with Crippen molar-refractivity contribution in [3.63, 3.8) is 0 Å². The summed E-state index contributed by atoms with van der Waals surface area (Å²) < 4.78 is 5.91. The van der Waals surface area contributed by atoms with Crippen molar-refractivity contribution in [1.82, 2.24) is 20.1 Å². The number of pyridine rings is 1. The van der Waals surface area contributed by atoms with Gasteiger partial charge in [-0.25, -0.2) is 0 Å². The molecule has 2 aromatic heterocycles. The zero-order chi connectivity index (χ0) is 17.6. The van der Waals surface area contributed by atoms with E-state index in [1.54, 1.807) is 6.20 Å². The van der Waals surface area contributed by atoms with E-state index in [0.29, 0.717) is 12.5 Å². The van der Waals surface area contributed by atoms with Gasteiger partial charge >= 0.3 is 0 Å². The van der Waals surface area contributed by atoms with Gasteiger partial charge in [-0.2, -0.15) is 5.10 Å². The molecule has 1 fully saturated rings. The van der Waals surface area contributed by atoms with Gasteiger partial charge in [0.1, 0.15) is 12.4 Å². The van der Waals surface area contributed by atoms with Crippen molar-refractivity contribution >= 4 is 0 Å². The van der Waals surface area contributed by atoms with Gasteiger partial charge in [0.15, 0.2) is 0 Å². The summed E-state index contributed by atoms with van der Waals surface area (Å²) in [5.41, 5.74) is 3.55. The number of hydrogen-bond donors (Lipinski definition) is 1. The van der Waals surface area contributed by atoms with Crippen LogP contribution < -0.4 is 4.74 Å². The van der Waals surface area contributed by atoms with Gasteiger partial charge in [0.2, 0.25) is 0 Å². The summed E-state index contributed by atoms with van der Waals surface area (Å²) in [6.07, 6.45) is 8.25. The number of rotatable bonds is 6. The Kier molecular flexibility index (Phi) is 5.26. The molecule has 0 saturated carbocycles. The van der Waals surface area contributed by atoms with Crippen LogP contribution in [0.1, 0.15) is 35.6 Å². The Morgan fingerprint density at radius 3 is 3.04 bits per heavy atom. The lowest BCUT2D eigenvalue weighted by Crippen LogP contribution is -2.33. The van der Waals surface area contributed by atoms with Crippen molar-refractivity contribution in [2.45, 2.75) is 31.9 Å². The van der Waals surface area contributed by atoms with E-state index in [2.05, 4.69) is 38.3 Å². The Balaban J connectivity index is 1.36. The topological polar surface area (TPSA) is 54.0 Å². The highest BCUT2D eigenvalue weighted by molar-refractivity contribution is 5.29. The zero-order valence-corrected chi connectivity index (χ0v) is 14.8. The van der Waals surface area contributed by atoms with Crippen molar-refractivity contribution in [2.75, 3.05) is 13.1 Å². The third-order valence-electron chi connectivity index (χ3n) is 4.91. The van der Waals surface area contributed by atoms with Gasteiger partial charge in [-0.05, 0) is 60.7 Å². The molecule has 0 spiro atoms. The van der Waals surface area contributed by atoms with Crippen LogP contribution in [0, 0.1) is 0 Å². The fourth-order valence-electron chi connectivity index (χ4n) is 3.59.